The number of nitrogens with zero attached hydrogens (tertiary/aromatic N) is 2. The van der Waals surface area contributed by atoms with Gasteiger partial charge in [0.1, 0.15) is 0 Å². The Bertz CT molecular complexity index is 348. The maximum Gasteiger partial charge on any atom is 0.229 e. The molecule has 0 saturated heterocycles. The van der Waals surface area contributed by atoms with Crippen LogP contribution in [0.5, 0.6) is 11.8 Å². The van der Waals surface area contributed by atoms with Gasteiger partial charge >= 0.3 is 0 Å². The number of rotatable bonds is 5. The van der Waals surface area contributed by atoms with Gasteiger partial charge in [-0.15, -0.1) is 0 Å². The lowest BCUT2D eigenvalue weighted by Gasteiger charge is -2.07. The van der Waals surface area contributed by atoms with E-state index in [9.17, 15) is 0 Å². The fraction of sp³-hybridized carbons (Fsp3) is 0.636. The van der Waals surface area contributed by atoms with Crippen molar-refractivity contribution in [1.29, 1.82) is 0 Å². The zero-order valence-electron chi connectivity index (χ0n) is 9.86. The number of nitrogens with one attached hydrogen (secondary N) is 1. The van der Waals surface area contributed by atoms with Crippen molar-refractivity contribution in [1.82, 2.24) is 9.97 Å². The van der Waals surface area contributed by atoms with Crippen molar-refractivity contribution in [3.05, 3.63) is 6.07 Å². The summed E-state index contributed by atoms with van der Waals surface area (Å²) in [5.41, 5.74) is 0. The predicted molar refractivity (Wildman–Crippen MR) is 60.9 cm³/mol. The van der Waals surface area contributed by atoms with E-state index in [1.54, 1.807) is 20.3 Å². The Kier molecular flexibility index (Phi) is 3.12. The van der Waals surface area contributed by atoms with Crippen molar-refractivity contribution in [2.45, 2.75) is 13.3 Å². The van der Waals surface area contributed by atoms with Gasteiger partial charge in [-0.2, -0.15) is 9.97 Å². The molecule has 1 aliphatic carbocycles. The van der Waals surface area contributed by atoms with Crippen LogP contribution >= 0.6 is 0 Å². The van der Waals surface area contributed by atoms with E-state index in [4.69, 9.17) is 9.47 Å². The highest BCUT2D eigenvalue weighted by atomic mass is 16.5. The minimum absolute atomic E-state index is 0.512. The summed E-state index contributed by atoms with van der Waals surface area (Å²) in [5.74, 6) is 3.16. The van der Waals surface area contributed by atoms with E-state index in [0.29, 0.717) is 17.7 Å². The molecular formula is C11H17N3O2. The molecule has 1 fully saturated rings. The smallest absolute Gasteiger partial charge is 0.229 e. The van der Waals surface area contributed by atoms with Gasteiger partial charge in [-0.25, -0.2) is 0 Å². The summed E-state index contributed by atoms with van der Waals surface area (Å²) in [5, 5.41) is 3.20. The Balaban J connectivity index is 2.01. The molecule has 1 aromatic heterocycles. The third-order valence-electron chi connectivity index (χ3n) is 2.90. The maximum atomic E-state index is 5.07. The SMILES string of the molecule is COc1cc(OC)nc(NCC2CC2C)n1. The summed E-state index contributed by atoms with van der Waals surface area (Å²) in [6, 6.07) is 1.66. The lowest BCUT2D eigenvalue weighted by molar-refractivity contribution is 0.372. The first-order chi connectivity index (χ1) is 7.72. The van der Waals surface area contributed by atoms with Crippen molar-refractivity contribution in [2.75, 3.05) is 26.1 Å². The molecule has 0 aromatic carbocycles. The maximum absolute atomic E-state index is 5.07. The Morgan fingerprint density at radius 2 is 1.88 bits per heavy atom. The standard InChI is InChI=1S/C11H17N3O2/c1-7-4-8(7)6-12-11-13-9(15-2)5-10(14-11)16-3/h5,7-8H,4,6H2,1-3H3,(H,12,13,14). The van der Waals surface area contributed by atoms with Gasteiger partial charge in [-0.1, -0.05) is 6.92 Å². The highest BCUT2D eigenvalue weighted by molar-refractivity contribution is 5.33. The quantitative estimate of drug-likeness (QED) is 0.821. The topological polar surface area (TPSA) is 56.3 Å². The zero-order chi connectivity index (χ0) is 11.5. The van der Waals surface area contributed by atoms with Crippen LogP contribution in [0.4, 0.5) is 5.95 Å². The summed E-state index contributed by atoms with van der Waals surface area (Å²) in [6.45, 7) is 3.16. The first-order valence-electron chi connectivity index (χ1n) is 5.44. The average molecular weight is 223 g/mol. The van der Waals surface area contributed by atoms with E-state index in [-0.39, 0.29) is 0 Å². The molecule has 1 heterocycles. The second kappa shape index (κ2) is 4.55. The number of hydrogen-bond donors (Lipinski definition) is 1. The molecule has 16 heavy (non-hydrogen) atoms. The van der Waals surface area contributed by atoms with Crippen LogP contribution in [0, 0.1) is 11.8 Å². The monoisotopic (exact) mass is 223 g/mol. The first kappa shape index (κ1) is 11.0. The van der Waals surface area contributed by atoms with Crippen LogP contribution in [-0.4, -0.2) is 30.7 Å². The van der Waals surface area contributed by atoms with Crippen LogP contribution in [0.3, 0.4) is 0 Å². The summed E-state index contributed by atoms with van der Waals surface area (Å²) in [7, 11) is 3.16. The second-order valence-corrected chi connectivity index (χ2v) is 4.13. The average Bonchev–Trinajstić information content (AvgIpc) is 3.02. The molecule has 1 saturated carbocycles. The Labute approximate surface area is 95.2 Å². The van der Waals surface area contributed by atoms with E-state index >= 15 is 0 Å². The number of anilines is 1. The van der Waals surface area contributed by atoms with Crippen LogP contribution in [-0.2, 0) is 0 Å². The molecule has 0 aliphatic heterocycles. The van der Waals surface area contributed by atoms with Crippen molar-refractivity contribution < 1.29 is 9.47 Å². The largest absolute Gasteiger partial charge is 0.481 e. The fourth-order valence-electron chi connectivity index (χ4n) is 1.60. The Morgan fingerprint density at radius 1 is 1.31 bits per heavy atom. The summed E-state index contributed by atoms with van der Waals surface area (Å²) >= 11 is 0. The second-order valence-electron chi connectivity index (χ2n) is 4.13. The van der Waals surface area contributed by atoms with E-state index in [2.05, 4.69) is 22.2 Å². The molecule has 5 nitrogen and oxygen atoms in total. The molecule has 1 aliphatic rings. The summed E-state index contributed by atoms with van der Waals surface area (Å²) in [6.07, 6.45) is 1.29. The summed E-state index contributed by atoms with van der Waals surface area (Å²) < 4.78 is 10.1. The lowest BCUT2D eigenvalue weighted by atomic mass is 10.3. The van der Waals surface area contributed by atoms with E-state index in [1.165, 1.54) is 6.42 Å². The van der Waals surface area contributed by atoms with Gasteiger partial charge in [0.25, 0.3) is 0 Å². The number of methoxy groups -OCH3 is 2. The van der Waals surface area contributed by atoms with E-state index < -0.39 is 0 Å². The molecule has 5 heteroatoms. The lowest BCUT2D eigenvalue weighted by Crippen LogP contribution is -2.08. The van der Waals surface area contributed by atoms with Crippen LogP contribution in [0.2, 0.25) is 0 Å². The van der Waals surface area contributed by atoms with Gasteiger partial charge in [-0.05, 0) is 18.3 Å². The van der Waals surface area contributed by atoms with Gasteiger partial charge < -0.3 is 14.8 Å². The van der Waals surface area contributed by atoms with Gasteiger partial charge in [0.05, 0.1) is 20.3 Å². The van der Waals surface area contributed by atoms with Crippen molar-refractivity contribution in [3.63, 3.8) is 0 Å². The molecule has 0 radical (unpaired) electrons. The first-order valence-corrected chi connectivity index (χ1v) is 5.44. The normalized spacial score (nSPS) is 22.7. The van der Waals surface area contributed by atoms with Gasteiger partial charge in [0.2, 0.25) is 17.7 Å². The predicted octanol–water partition coefficient (Wildman–Crippen LogP) is 1.56. The van der Waals surface area contributed by atoms with Crippen molar-refractivity contribution in [3.8, 4) is 11.8 Å². The summed E-state index contributed by atoms with van der Waals surface area (Å²) in [4.78, 5) is 8.40. The van der Waals surface area contributed by atoms with Gasteiger partial charge in [-0.3, -0.25) is 0 Å². The third-order valence-corrected chi connectivity index (χ3v) is 2.90. The Morgan fingerprint density at radius 3 is 2.31 bits per heavy atom. The van der Waals surface area contributed by atoms with Crippen molar-refractivity contribution >= 4 is 5.95 Å². The number of hydrogen-bond acceptors (Lipinski definition) is 5. The number of ether oxygens (including phenoxy) is 2. The highest BCUT2D eigenvalue weighted by Gasteiger charge is 2.32. The molecular weight excluding hydrogens is 206 g/mol. The van der Waals surface area contributed by atoms with E-state index in [0.717, 1.165) is 18.4 Å². The number of aromatic nitrogens is 2. The van der Waals surface area contributed by atoms with Crippen LogP contribution in [0.1, 0.15) is 13.3 Å². The molecule has 2 rings (SSSR count). The minimum atomic E-state index is 0.512. The highest BCUT2D eigenvalue weighted by Crippen LogP contribution is 2.37. The van der Waals surface area contributed by atoms with Crippen LogP contribution in [0.15, 0.2) is 6.07 Å². The molecule has 2 atom stereocenters. The van der Waals surface area contributed by atoms with Crippen LogP contribution in [0.25, 0.3) is 0 Å². The van der Waals surface area contributed by atoms with Crippen molar-refractivity contribution in [2.24, 2.45) is 11.8 Å². The molecule has 1 aromatic rings. The molecule has 0 spiro atoms. The van der Waals surface area contributed by atoms with Gasteiger partial charge in [0, 0.05) is 6.54 Å². The van der Waals surface area contributed by atoms with Crippen LogP contribution < -0.4 is 14.8 Å². The fourth-order valence-corrected chi connectivity index (χ4v) is 1.60. The third kappa shape index (κ3) is 2.53. The molecule has 0 amide bonds. The van der Waals surface area contributed by atoms with E-state index in [1.807, 2.05) is 0 Å². The molecule has 0 bridgehead atoms. The zero-order valence-corrected chi connectivity index (χ0v) is 9.86. The Hall–Kier alpha value is -1.52. The molecule has 88 valence electrons. The van der Waals surface area contributed by atoms with Gasteiger partial charge in [0.15, 0.2) is 0 Å². The molecule has 1 N–H and O–H groups in total. The molecule has 2 unspecified atom stereocenters. The minimum Gasteiger partial charge on any atom is -0.481 e.